The number of hydrogen-bond acceptors (Lipinski definition) is 3. The molecule has 1 aromatic heterocycles. The van der Waals surface area contributed by atoms with Crippen LogP contribution in [0.15, 0.2) is 18.2 Å². The minimum atomic E-state index is -0.894. The van der Waals surface area contributed by atoms with Crippen molar-refractivity contribution in [3.8, 4) is 0 Å². The number of carboxylic acids is 1. The minimum absolute atomic E-state index is 0.217. The SMILES string of the molecule is O=C(O)[C@@H]1C[C@H]1C(=O)Nc1ccc2nc(C3CCC3)[nH]c2c1. The van der Waals surface area contributed by atoms with Gasteiger partial charge in [0.15, 0.2) is 0 Å². The number of aromatic amines is 1. The van der Waals surface area contributed by atoms with Gasteiger partial charge in [-0.2, -0.15) is 0 Å². The number of amides is 1. The topological polar surface area (TPSA) is 95.1 Å². The number of H-pyrrole nitrogens is 1. The summed E-state index contributed by atoms with van der Waals surface area (Å²) in [6.45, 7) is 0. The number of carbonyl (C=O) groups is 2. The van der Waals surface area contributed by atoms with E-state index < -0.39 is 17.8 Å². The standard InChI is InChI=1S/C16H17N3O3/c20-15(10-7-11(10)16(21)22)17-9-4-5-12-13(6-9)19-14(18-12)8-2-1-3-8/h4-6,8,10-11H,1-3,7H2,(H,17,20)(H,18,19)(H,21,22)/t10-,11-/m1/s1. The zero-order valence-electron chi connectivity index (χ0n) is 12.0. The molecule has 4 rings (SSSR count). The molecule has 0 radical (unpaired) electrons. The first-order valence-electron chi connectivity index (χ1n) is 7.65. The summed E-state index contributed by atoms with van der Waals surface area (Å²) in [6.07, 6.45) is 4.05. The third kappa shape index (κ3) is 2.24. The van der Waals surface area contributed by atoms with E-state index in [9.17, 15) is 9.59 Å². The second-order valence-electron chi connectivity index (χ2n) is 6.26. The summed E-state index contributed by atoms with van der Waals surface area (Å²) in [5.74, 6) is -0.479. The molecular weight excluding hydrogens is 282 g/mol. The first-order chi connectivity index (χ1) is 10.6. The average molecular weight is 299 g/mol. The summed E-state index contributed by atoms with van der Waals surface area (Å²) in [5.41, 5.74) is 2.48. The maximum Gasteiger partial charge on any atom is 0.307 e. The lowest BCUT2D eigenvalue weighted by molar-refractivity contribution is -0.139. The van der Waals surface area contributed by atoms with E-state index in [0.717, 1.165) is 16.9 Å². The third-order valence-electron chi connectivity index (χ3n) is 4.70. The van der Waals surface area contributed by atoms with Crippen LogP contribution in [0.4, 0.5) is 5.69 Å². The van der Waals surface area contributed by atoms with Gasteiger partial charge in [-0.25, -0.2) is 4.98 Å². The van der Waals surface area contributed by atoms with E-state index in [4.69, 9.17) is 5.11 Å². The van der Waals surface area contributed by atoms with Crippen LogP contribution in [-0.4, -0.2) is 27.0 Å². The second-order valence-corrected chi connectivity index (χ2v) is 6.26. The first kappa shape index (κ1) is 13.3. The van der Waals surface area contributed by atoms with Gasteiger partial charge in [-0.05, 0) is 37.5 Å². The number of carbonyl (C=O) groups excluding carboxylic acids is 1. The van der Waals surface area contributed by atoms with E-state index in [1.165, 1.54) is 19.3 Å². The highest BCUT2D eigenvalue weighted by molar-refractivity contribution is 5.99. The van der Waals surface area contributed by atoms with Gasteiger partial charge in [0.2, 0.25) is 5.91 Å². The Bertz CT molecular complexity index is 763. The summed E-state index contributed by atoms with van der Waals surface area (Å²) >= 11 is 0. The van der Waals surface area contributed by atoms with Crippen LogP contribution in [0.2, 0.25) is 0 Å². The predicted octanol–water partition coefficient (Wildman–Crippen LogP) is 2.49. The van der Waals surface area contributed by atoms with E-state index in [0.29, 0.717) is 18.0 Å². The third-order valence-corrected chi connectivity index (χ3v) is 4.70. The Kier molecular flexibility index (Phi) is 2.92. The molecule has 2 aliphatic rings. The van der Waals surface area contributed by atoms with E-state index in [2.05, 4.69) is 15.3 Å². The van der Waals surface area contributed by atoms with Gasteiger partial charge in [0.05, 0.1) is 22.9 Å². The number of carboxylic acid groups (broad SMARTS) is 1. The molecule has 2 saturated carbocycles. The van der Waals surface area contributed by atoms with Crippen molar-refractivity contribution in [1.82, 2.24) is 9.97 Å². The molecule has 0 aliphatic heterocycles. The van der Waals surface area contributed by atoms with Crippen molar-refractivity contribution in [1.29, 1.82) is 0 Å². The first-order valence-corrected chi connectivity index (χ1v) is 7.65. The normalized spacial score (nSPS) is 24.0. The van der Waals surface area contributed by atoms with Crippen molar-refractivity contribution in [2.75, 3.05) is 5.32 Å². The molecule has 2 aliphatic carbocycles. The number of aliphatic carboxylic acids is 1. The molecule has 0 unspecified atom stereocenters. The predicted molar refractivity (Wildman–Crippen MR) is 80.5 cm³/mol. The van der Waals surface area contributed by atoms with Gasteiger partial charge in [-0.1, -0.05) is 6.42 Å². The van der Waals surface area contributed by atoms with Gasteiger partial charge >= 0.3 is 5.97 Å². The van der Waals surface area contributed by atoms with Gasteiger partial charge in [0.1, 0.15) is 5.82 Å². The highest BCUT2D eigenvalue weighted by atomic mass is 16.4. The smallest absolute Gasteiger partial charge is 0.307 e. The fourth-order valence-corrected chi connectivity index (χ4v) is 2.97. The molecule has 1 heterocycles. The van der Waals surface area contributed by atoms with Crippen molar-refractivity contribution in [3.63, 3.8) is 0 Å². The molecule has 2 fully saturated rings. The van der Waals surface area contributed by atoms with Gasteiger partial charge in [-0.15, -0.1) is 0 Å². The molecule has 3 N–H and O–H groups in total. The van der Waals surface area contributed by atoms with Crippen molar-refractivity contribution < 1.29 is 14.7 Å². The molecule has 22 heavy (non-hydrogen) atoms. The average Bonchev–Trinajstić information content (AvgIpc) is 3.12. The molecule has 0 bridgehead atoms. The van der Waals surface area contributed by atoms with Gasteiger partial charge in [0, 0.05) is 11.6 Å². The Morgan fingerprint density at radius 3 is 2.73 bits per heavy atom. The van der Waals surface area contributed by atoms with E-state index in [1.54, 1.807) is 0 Å². The van der Waals surface area contributed by atoms with Crippen molar-refractivity contribution in [2.45, 2.75) is 31.6 Å². The van der Waals surface area contributed by atoms with Crippen LogP contribution in [0.5, 0.6) is 0 Å². The van der Waals surface area contributed by atoms with E-state index in [1.807, 2.05) is 18.2 Å². The number of benzene rings is 1. The molecular formula is C16H17N3O3. The highest BCUT2D eigenvalue weighted by Crippen LogP contribution is 2.39. The highest BCUT2D eigenvalue weighted by Gasteiger charge is 2.48. The van der Waals surface area contributed by atoms with Gasteiger partial charge in [-0.3, -0.25) is 9.59 Å². The summed E-state index contributed by atoms with van der Waals surface area (Å²) in [6, 6.07) is 5.55. The monoisotopic (exact) mass is 299 g/mol. The summed E-state index contributed by atoms with van der Waals surface area (Å²) in [4.78, 5) is 30.7. The van der Waals surface area contributed by atoms with E-state index >= 15 is 0 Å². The maximum absolute atomic E-state index is 12.0. The molecule has 2 aromatic rings. The molecule has 1 amide bonds. The minimum Gasteiger partial charge on any atom is -0.481 e. The van der Waals surface area contributed by atoms with Gasteiger partial charge in [0.25, 0.3) is 0 Å². The molecule has 0 saturated heterocycles. The Labute approximate surface area is 126 Å². The quantitative estimate of drug-likeness (QED) is 0.808. The fourth-order valence-electron chi connectivity index (χ4n) is 2.97. The Morgan fingerprint density at radius 1 is 1.27 bits per heavy atom. The lowest BCUT2D eigenvalue weighted by Gasteiger charge is -2.22. The maximum atomic E-state index is 12.0. The molecule has 6 heteroatoms. The summed E-state index contributed by atoms with van der Waals surface area (Å²) in [5, 5.41) is 11.7. The molecule has 0 spiro atoms. The summed E-state index contributed by atoms with van der Waals surface area (Å²) < 4.78 is 0. The molecule has 2 atom stereocenters. The van der Waals surface area contributed by atoms with Crippen LogP contribution in [0.25, 0.3) is 11.0 Å². The molecule has 1 aromatic carbocycles. The number of rotatable bonds is 4. The van der Waals surface area contributed by atoms with Crippen LogP contribution < -0.4 is 5.32 Å². The Morgan fingerprint density at radius 2 is 2.09 bits per heavy atom. The second kappa shape index (κ2) is 4.83. The Hall–Kier alpha value is -2.37. The lowest BCUT2D eigenvalue weighted by Crippen LogP contribution is -2.16. The summed E-state index contributed by atoms with van der Waals surface area (Å²) in [7, 11) is 0. The molecule has 114 valence electrons. The van der Waals surface area contributed by atoms with Crippen molar-refractivity contribution in [3.05, 3.63) is 24.0 Å². The fraction of sp³-hybridized carbons (Fsp3) is 0.438. The number of imidazole rings is 1. The number of fused-ring (bicyclic) bond motifs is 1. The number of aromatic nitrogens is 2. The van der Waals surface area contributed by atoms with Crippen LogP contribution >= 0.6 is 0 Å². The zero-order valence-corrected chi connectivity index (χ0v) is 12.0. The zero-order chi connectivity index (χ0) is 15.3. The molecule has 6 nitrogen and oxygen atoms in total. The van der Waals surface area contributed by atoms with E-state index in [-0.39, 0.29) is 5.91 Å². The van der Waals surface area contributed by atoms with Crippen molar-refractivity contribution in [2.24, 2.45) is 11.8 Å². The largest absolute Gasteiger partial charge is 0.481 e. The number of anilines is 1. The lowest BCUT2D eigenvalue weighted by atomic mass is 9.85. The van der Waals surface area contributed by atoms with Crippen LogP contribution in [0, 0.1) is 11.8 Å². The van der Waals surface area contributed by atoms with Crippen LogP contribution in [0.3, 0.4) is 0 Å². The van der Waals surface area contributed by atoms with Crippen LogP contribution in [-0.2, 0) is 9.59 Å². The van der Waals surface area contributed by atoms with Gasteiger partial charge < -0.3 is 15.4 Å². The number of nitrogens with one attached hydrogen (secondary N) is 2. The Balaban J connectivity index is 1.50. The number of hydrogen-bond donors (Lipinski definition) is 3. The van der Waals surface area contributed by atoms with Crippen molar-refractivity contribution >= 4 is 28.6 Å². The number of nitrogens with zero attached hydrogens (tertiary/aromatic N) is 1. The van der Waals surface area contributed by atoms with Crippen LogP contribution in [0.1, 0.15) is 37.4 Å².